The zero-order valence-corrected chi connectivity index (χ0v) is 12.5. The molecule has 0 saturated carbocycles. The number of nitrogens with zero attached hydrogens (tertiary/aromatic N) is 2. The molecule has 0 saturated heterocycles. The third-order valence-corrected chi connectivity index (χ3v) is 4.39. The van der Waals surface area contributed by atoms with Crippen molar-refractivity contribution >= 4 is 22.8 Å². The molecule has 0 aliphatic heterocycles. The van der Waals surface area contributed by atoms with Crippen molar-refractivity contribution in [2.24, 2.45) is 0 Å². The molecule has 0 atom stereocenters. The highest BCUT2D eigenvalue weighted by Crippen LogP contribution is 2.28. The first-order valence-corrected chi connectivity index (χ1v) is 7.18. The summed E-state index contributed by atoms with van der Waals surface area (Å²) in [5, 5.41) is 16.1. The minimum Gasteiger partial charge on any atom is -0.369 e. The van der Waals surface area contributed by atoms with Crippen molar-refractivity contribution in [1.82, 2.24) is 4.98 Å². The van der Waals surface area contributed by atoms with Gasteiger partial charge in [-0.05, 0) is 24.4 Å². The van der Waals surface area contributed by atoms with E-state index in [1.165, 1.54) is 10.9 Å². The molecule has 0 aliphatic carbocycles. The number of nitro groups is 1. The van der Waals surface area contributed by atoms with Crippen molar-refractivity contribution in [2.75, 3.05) is 11.9 Å². The van der Waals surface area contributed by atoms with E-state index in [9.17, 15) is 10.1 Å². The number of pyridine rings is 1. The lowest BCUT2D eigenvalue weighted by molar-refractivity contribution is -0.385. The van der Waals surface area contributed by atoms with Gasteiger partial charge in [-0.25, -0.2) is 4.98 Å². The number of hydrogen-bond donors (Lipinski definition) is 1. The Labute approximate surface area is 121 Å². The summed E-state index contributed by atoms with van der Waals surface area (Å²) in [6, 6.07) is 7.29. The summed E-state index contributed by atoms with van der Waals surface area (Å²) in [6.07, 6.45) is 0. The second-order valence-electron chi connectivity index (χ2n) is 5.27. The number of nitrogens with one attached hydrogen (secondary N) is 1. The maximum absolute atomic E-state index is 10.8. The number of aromatic nitrogens is 1. The molecular formula is C14H17N3O2S. The summed E-state index contributed by atoms with van der Waals surface area (Å²) in [5.41, 5.74) is 0.466. The fourth-order valence-corrected chi connectivity index (χ4v) is 2.76. The van der Waals surface area contributed by atoms with Crippen LogP contribution in [0.4, 0.5) is 11.5 Å². The van der Waals surface area contributed by atoms with Gasteiger partial charge in [0, 0.05) is 22.9 Å². The van der Waals surface area contributed by atoms with Gasteiger partial charge in [-0.3, -0.25) is 10.1 Å². The van der Waals surface area contributed by atoms with Crippen LogP contribution in [0.1, 0.15) is 24.4 Å². The monoisotopic (exact) mass is 291 g/mol. The van der Waals surface area contributed by atoms with Crippen molar-refractivity contribution < 1.29 is 4.92 Å². The highest BCUT2D eigenvalue weighted by Gasteiger charge is 2.22. The third kappa shape index (κ3) is 3.14. The summed E-state index contributed by atoms with van der Waals surface area (Å²) in [4.78, 5) is 15.9. The Morgan fingerprint density at radius 1 is 1.40 bits per heavy atom. The van der Waals surface area contributed by atoms with Crippen LogP contribution >= 0.6 is 11.3 Å². The first-order valence-electron chi connectivity index (χ1n) is 6.30. The Bertz CT molecular complexity index is 609. The zero-order valence-electron chi connectivity index (χ0n) is 11.7. The molecule has 0 unspecified atom stereocenters. The van der Waals surface area contributed by atoms with Gasteiger partial charge in [0.1, 0.15) is 11.5 Å². The Morgan fingerprint density at radius 3 is 2.70 bits per heavy atom. The average Bonchev–Trinajstić information content (AvgIpc) is 2.90. The Morgan fingerprint density at radius 2 is 2.15 bits per heavy atom. The van der Waals surface area contributed by atoms with Gasteiger partial charge in [-0.1, -0.05) is 19.9 Å². The number of rotatable bonds is 5. The van der Waals surface area contributed by atoms with Crippen molar-refractivity contribution in [2.45, 2.75) is 26.2 Å². The van der Waals surface area contributed by atoms with Crippen LogP contribution in [0.5, 0.6) is 0 Å². The predicted molar refractivity (Wildman–Crippen MR) is 81.5 cm³/mol. The van der Waals surface area contributed by atoms with Gasteiger partial charge in [0.15, 0.2) is 0 Å². The maximum Gasteiger partial charge on any atom is 0.290 e. The van der Waals surface area contributed by atoms with Crippen LogP contribution in [-0.4, -0.2) is 16.5 Å². The molecule has 0 amide bonds. The van der Waals surface area contributed by atoms with Crippen LogP contribution in [0, 0.1) is 17.0 Å². The zero-order chi connectivity index (χ0) is 14.8. The van der Waals surface area contributed by atoms with Gasteiger partial charge < -0.3 is 5.32 Å². The highest BCUT2D eigenvalue weighted by atomic mass is 32.1. The molecule has 2 heterocycles. The van der Waals surface area contributed by atoms with Gasteiger partial charge in [0.25, 0.3) is 5.69 Å². The van der Waals surface area contributed by atoms with E-state index in [1.807, 2.05) is 6.07 Å². The average molecular weight is 291 g/mol. The fraction of sp³-hybridized carbons (Fsp3) is 0.357. The van der Waals surface area contributed by atoms with Crippen LogP contribution in [0.3, 0.4) is 0 Å². The van der Waals surface area contributed by atoms with Crippen LogP contribution in [0.15, 0.2) is 29.6 Å². The lowest BCUT2D eigenvalue weighted by atomic mass is 9.91. The maximum atomic E-state index is 10.8. The SMILES string of the molecule is Cc1nc(NCC(C)(C)c2cccs2)ccc1[N+](=O)[O-]. The standard InChI is InChI=1S/C14H17N3O2S/c1-10-11(17(18)19)6-7-13(16-10)15-9-14(2,3)12-5-4-8-20-12/h4-8H,9H2,1-3H3,(H,15,16). The molecule has 1 N–H and O–H groups in total. The molecule has 6 heteroatoms. The summed E-state index contributed by atoms with van der Waals surface area (Å²) < 4.78 is 0. The molecule has 106 valence electrons. The summed E-state index contributed by atoms with van der Waals surface area (Å²) in [7, 11) is 0. The lowest BCUT2D eigenvalue weighted by Crippen LogP contribution is -2.26. The van der Waals surface area contributed by atoms with Crippen LogP contribution in [0.25, 0.3) is 0 Å². The molecule has 0 fully saturated rings. The molecule has 2 rings (SSSR count). The van der Waals surface area contributed by atoms with E-state index >= 15 is 0 Å². The number of hydrogen-bond acceptors (Lipinski definition) is 5. The second-order valence-corrected chi connectivity index (χ2v) is 6.22. The van der Waals surface area contributed by atoms with Crippen molar-refractivity contribution in [3.63, 3.8) is 0 Å². The van der Waals surface area contributed by atoms with Gasteiger partial charge in [0.2, 0.25) is 0 Å². The van der Waals surface area contributed by atoms with Gasteiger partial charge in [-0.15, -0.1) is 11.3 Å². The normalized spacial score (nSPS) is 11.3. The van der Waals surface area contributed by atoms with E-state index in [0.29, 0.717) is 11.5 Å². The smallest absolute Gasteiger partial charge is 0.290 e. The van der Waals surface area contributed by atoms with Gasteiger partial charge in [-0.2, -0.15) is 0 Å². The molecule has 2 aromatic rings. The Kier molecular flexibility index (Phi) is 4.04. The highest BCUT2D eigenvalue weighted by molar-refractivity contribution is 7.10. The van der Waals surface area contributed by atoms with Crippen LogP contribution in [0.2, 0.25) is 0 Å². The molecular weight excluding hydrogens is 274 g/mol. The van der Waals surface area contributed by atoms with Gasteiger partial charge in [0.05, 0.1) is 4.92 Å². The number of thiophene rings is 1. The van der Waals surface area contributed by atoms with Crippen molar-refractivity contribution in [1.29, 1.82) is 0 Å². The van der Waals surface area contributed by atoms with Crippen LogP contribution in [-0.2, 0) is 5.41 Å². The predicted octanol–water partition coefficient (Wildman–Crippen LogP) is 3.75. The van der Waals surface area contributed by atoms with E-state index < -0.39 is 4.92 Å². The molecule has 0 spiro atoms. The number of anilines is 1. The largest absolute Gasteiger partial charge is 0.369 e. The molecule has 0 bridgehead atoms. The quantitative estimate of drug-likeness (QED) is 0.673. The van der Waals surface area contributed by atoms with E-state index in [2.05, 4.69) is 35.6 Å². The Balaban J connectivity index is 2.08. The fourth-order valence-electron chi connectivity index (χ4n) is 1.91. The molecule has 2 aromatic heterocycles. The topological polar surface area (TPSA) is 68.1 Å². The van der Waals surface area contributed by atoms with Gasteiger partial charge >= 0.3 is 0 Å². The molecule has 20 heavy (non-hydrogen) atoms. The van der Waals surface area contributed by atoms with Crippen molar-refractivity contribution in [3.8, 4) is 0 Å². The first-order chi connectivity index (χ1) is 9.40. The van der Waals surface area contributed by atoms with Crippen LogP contribution < -0.4 is 5.32 Å². The van der Waals surface area contributed by atoms with E-state index in [4.69, 9.17) is 0 Å². The summed E-state index contributed by atoms with van der Waals surface area (Å²) >= 11 is 1.72. The third-order valence-electron chi connectivity index (χ3n) is 3.15. The minimum absolute atomic E-state index is 0.00841. The van der Waals surface area contributed by atoms with E-state index in [-0.39, 0.29) is 11.1 Å². The minimum atomic E-state index is -0.415. The molecule has 0 radical (unpaired) electrons. The first kappa shape index (κ1) is 14.5. The van der Waals surface area contributed by atoms with E-state index in [1.54, 1.807) is 24.3 Å². The lowest BCUT2D eigenvalue weighted by Gasteiger charge is -2.24. The van der Waals surface area contributed by atoms with E-state index in [0.717, 1.165) is 6.54 Å². The molecule has 0 aromatic carbocycles. The Hall–Kier alpha value is -1.95. The van der Waals surface area contributed by atoms with Crippen molar-refractivity contribution in [3.05, 3.63) is 50.3 Å². The second kappa shape index (κ2) is 5.58. The summed E-state index contributed by atoms with van der Waals surface area (Å²) in [5.74, 6) is 0.665. The number of aryl methyl sites for hydroxylation is 1. The summed E-state index contributed by atoms with van der Waals surface area (Å²) in [6.45, 7) is 6.68. The molecule has 0 aliphatic rings. The molecule has 5 nitrogen and oxygen atoms in total.